The van der Waals surface area contributed by atoms with Gasteiger partial charge in [0.25, 0.3) is 0 Å². The third-order valence-electron chi connectivity index (χ3n) is 4.05. The molecule has 1 aliphatic carbocycles. The summed E-state index contributed by atoms with van der Waals surface area (Å²) in [6.45, 7) is 5.41. The standard InChI is InChI=1S/C14H16ClFN2/c1-14(2)6-9(14)8-18-11-5-3-4-10(16)13(11)17-12(18)7-15/h3-5,9H,6-8H2,1-2H3. The van der Waals surface area contributed by atoms with Crippen LogP contribution in [0.1, 0.15) is 26.1 Å². The van der Waals surface area contributed by atoms with Crippen LogP contribution in [0.3, 0.4) is 0 Å². The molecule has 3 rings (SSSR count). The molecule has 1 aromatic carbocycles. The molecule has 1 atom stereocenters. The molecule has 0 spiro atoms. The topological polar surface area (TPSA) is 17.8 Å². The van der Waals surface area contributed by atoms with Crippen LogP contribution in [0.25, 0.3) is 11.0 Å². The van der Waals surface area contributed by atoms with Crippen molar-refractivity contribution in [3.63, 3.8) is 0 Å². The van der Waals surface area contributed by atoms with Crippen molar-refractivity contribution in [1.82, 2.24) is 9.55 Å². The second-order valence-corrected chi connectivity index (χ2v) is 6.04. The molecule has 1 unspecified atom stereocenters. The molecule has 0 saturated heterocycles. The number of halogens is 2. The molecule has 1 aliphatic rings. The Bertz CT molecular complexity index is 603. The van der Waals surface area contributed by atoms with Crippen molar-refractivity contribution in [2.24, 2.45) is 11.3 Å². The van der Waals surface area contributed by atoms with Crippen molar-refractivity contribution in [3.05, 3.63) is 29.8 Å². The highest BCUT2D eigenvalue weighted by atomic mass is 35.5. The summed E-state index contributed by atoms with van der Waals surface area (Å²) in [5, 5.41) is 0. The van der Waals surface area contributed by atoms with E-state index in [0.29, 0.717) is 22.7 Å². The summed E-state index contributed by atoms with van der Waals surface area (Å²) in [5.74, 6) is 1.45. The average molecular weight is 267 g/mol. The second-order valence-electron chi connectivity index (χ2n) is 5.77. The first kappa shape index (κ1) is 12.0. The van der Waals surface area contributed by atoms with E-state index in [1.807, 2.05) is 6.07 Å². The quantitative estimate of drug-likeness (QED) is 0.769. The van der Waals surface area contributed by atoms with Gasteiger partial charge in [0.1, 0.15) is 11.3 Å². The van der Waals surface area contributed by atoms with Gasteiger partial charge in [0.15, 0.2) is 5.82 Å². The fourth-order valence-electron chi connectivity index (χ4n) is 2.57. The monoisotopic (exact) mass is 266 g/mol. The van der Waals surface area contributed by atoms with Crippen molar-refractivity contribution in [1.29, 1.82) is 0 Å². The van der Waals surface area contributed by atoms with Crippen LogP contribution in [0, 0.1) is 17.2 Å². The zero-order valence-corrected chi connectivity index (χ0v) is 11.3. The Labute approximate surface area is 111 Å². The summed E-state index contributed by atoms with van der Waals surface area (Å²) < 4.78 is 15.8. The van der Waals surface area contributed by atoms with Gasteiger partial charge in [-0.05, 0) is 29.9 Å². The molecule has 0 radical (unpaired) electrons. The molecule has 1 fully saturated rings. The molecular formula is C14H16ClFN2. The predicted molar refractivity (Wildman–Crippen MR) is 71.1 cm³/mol. The summed E-state index contributed by atoms with van der Waals surface area (Å²) in [6, 6.07) is 5.08. The van der Waals surface area contributed by atoms with Crippen LogP contribution in [0.4, 0.5) is 4.39 Å². The van der Waals surface area contributed by atoms with Gasteiger partial charge >= 0.3 is 0 Å². The second kappa shape index (κ2) is 3.95. The normalized spacial score (nSPS) is 21.4. The fraction of sp³-hybridized carbons (Fsp3) is 0.500. The number of para-hydroxylation sites is 1. The number of fused-ring (bicyclic) bond motifs is 1. The average Bonchev–Trinajstić information content (AvgIpc) is 2.77. The van der Waals surface area contributed by atoms with E-state index in [0.717, 1.165) is 17.9 Å². The van der Waals surface area contributed by atoms with E-state index in [4.69, 9.17) is 11.6 Å². The van der Waals surface area contributed by atoms with Crippen molar-refractivity contribution >= 4 is 22.6 Å². The van der Waals surface area contributed by atoms with E-state index in [2.05, 4.69) is 23.4 Å². The molecule has 2 nitrogen and oxygen atoms in total. The zero-order chi connectivity index (χ0) is 12.9. The Balaban J connectivity index is 2.06. The van der Waals surface area contributed by atoms with E-state index in [-0.39, 0.29) is 5.82 Å². The Kier molecular flexibility index (Phi) is 2.63. The maximum Gasteiger partial charge on any atom is 0.151 e. The van der Waals surface area contributed by atoms with E-state index < -0.39 is 0 Å². The summed E-state index contributed by atoms with van der Waals surface area (Å²) in [7, 11) is 0. The molecule has 4 heteroatoms. The highest BCUT2D eigenvalue weighted by molar-refractivity contribution is 6.16. The van der Waals surface area contributed by atoms with Gasteiger partial charge in [-0.25, -0.2) is 9.37 Å². The van der Waals surface area contributed by atoms with Crippen LogP contribution in [-0.2, 0) is 12.4 Å². The maximum absolute atomic E-state index is 13.7. The molecule has 1 aromatic heterocycles. The Morgan fingerprint density at radius 1 is 1.50 bits per heavy atom. The Hall–Kier alpha value is -1.09. The van der Waals surface area contributed by atoms with Crippen molar-refractivity contribution < 1.29 is 4.39 Å². The first-order chi connectivity index (χ1) is 8.53. The molecule has 0 N–H and O–H groups in total. The summed E-state index contributed by atoms with van der Waals surface area (Å²) >= 11 is 5.93. The number of imidazole rings is 1. The van der Waals surface area contributed by atoms with Crippen LogP contribution in [0.15, 0.2) is 18.2 Å². The van der Waals surface area contributed by atoms with Gasteiger partial charge in [-0.15, -0.1) is 11.6 Å². The molecule has 0 amide bonds. The highest BCUT2D eigenvalue weighted by Gasteiger charge is 2.45. The van der Waals surface area contributed by atoms with Gasteiger partial charge in [0, 0.05) is 6.54 Å². The number of alkyl halides is 1. The third kappa shape index (κ3) is 1.81. The van der Waals surface area contributed by atoms with E-state index >= 15 is 0 Å². The van der Waals surface area contributed by atoms with Gasteiger partial charge in [-0.3, -0.25) is 0 Å². The van der Waals surface area contributed by atoms with E-state index in [1.165, 1.54) is 12.5 Å². The number of benzene rings is 1. The van der Waals surface area contributed by atoms with Crippen molar-refractivity contribution in [3.8, 4) is 0 Å². The number of rotatable bonds is 3. The highest BCUT2D eigenvalue weighted by Crippen LogP contribution is 2.52. The molecule has 0 aliphatic heterocycles. The van der Waals surface area contributed by atoms with Gasteiger partial charge in [0.2, 0.25) is 0 Å². The predicted octanol–water partition coefficient (Wildman–Crippen LogP) is 3.96. The molecule has 96 valence electrons. The third-order valence-corrected chi connectivity index (χ3v) is 4.29. The lowest BCUT2D eigenvalue weighted by molar-refractivity contribution is 0.498. The number of nitrogens with zero attached hydrogens (tertiary/aromatic N) is 2. The lowest BCUT2D eigenvalue weighted by atomic mass is 10.1. The number of aromatic nitrogens is 2. The fourth-order valence-corrected chi connectivity index (χ4v) is 2.78. The van der Waals surface area contributed by atoms with E-state index in [1.54, 1.807) is 6.07 Å². The van der Waals surface area contributed by atoms with Crippen LogP contribution in [0.2, 0.25) is 0 Å². The maximum atomic E-state index is 13.7. The minimum atomic E-state index is -0.271. The number of hydrogen-bond acceptors (Lipinski definition) is 1. The van der Waals surface area contributed by atoms with Crippen molar-refractivity contribution in [2.45, 2.75) is 32.7 Å². The van der Waals surface area contributed by atoms with E-state index in [9.17, 15) is 4.39 Å². The molecule has 1 heterocycles. The van der Waals surface area contributed by atoms with Crippen LogP contribution < -0.4 is 0 Å². The lowest BCUT2D eigenvalue weighted by Crippen LogP contribution is -2.06. The molecule has 1 saturated carbocycles. The SMILES string of the molecule is CC1(C)CC1Cn1c(CCl)nc2c(F)cccc21. The smallest absolute Gasteiger partial charge is 0.151 e. The first-order valence-corrected chi connectivity index (χ1v) is 6.76. The van der Waals surface area contributed by atoms with Crippen LogP contribution in [0.5, 0.6) is 0 Å². The largest absolute Gasteiger partial charge is 0.327 e. The van der Waals surface area contributed by atoms with Crippen LogP contribution >= 0.6 is 11.6 Å². The molecule has 18 heavy (non-hydrogen) atoms. The van der Waals surface area contributed by atoms with Gasteiger partial charge in [0.05, 0.1) is 11.4 Å². The summed E-state index contributed by atoms with van der Waals surface area (Å²) in [6.07, 6.45) is 1.21. The van der Waals surface area contributed by atoms with Crippen molar-refractivity contribution in [2.75, 3.05) is 0 Å². The minimum Gasteiger partial charge on any atom is -0.327 e. The summed E-state index contributed by atoms with van der Waals surface area (Å²) in [5.41, 5.74) is 1.69. The van der Waals surface area contributed by atoms with Gasteiger partial charge < -0.3 is 4.57 Å². The van der Waals surface area contributed by atoms with Crippen LogP contribution in [-0.4, -0.2) is 9.55 Å². The Morgan fingerprint density at radius 3 is 2.83 bits per heavy atom. The first-order valence-electron chi connectivity index (χ1n) is 6.22. The van der Waals surface area contributed by atoms with Gasteiger partial charge in [-0.1, -0.05) is 19.9 Å². The lowest BCUT2D eigenvalue weighted by Gasteiger charge is -2.09. The minimum absolute atomic E-state index is 0.271. The molecular weight excluding hydrogens is 251 g/mol. The molecule has 2 aromatic rings. The summed E-state index contributed by atoms with van der Waals surface area (Å²) in [4.78, 5) is 4.32. The molecule has 0 bridgehead atoms. The zero-order valence-electron chi connectivity index (χ0n) is 10.6. The van der Waals surface area contributed by atoms with Gasteiger partial charge in [-0.2, -0.15) is 0 Å². The Morgan fingerprint density at radius 2 is 2.22 bits per heavy atom. The number of hydrogen-bond donors (Lipinski definition) is 0.